The molecule has 3 fully saturated rings. The lowest BCUT2D eigenvalue weighted by Crippen LogP contribution is -2.68. The van der Waals surface area contributed by atoms with Crippen LogP contribution in [0, 0.1) is 6.92 Å². The largest absolute Gasteiger partial charge is 0.467 e. The minimum absolute atomic E-state index is 0.125. The Morgan fingerprint density at radius 2 is 1.10 bits per heavy atom. The van der Waals surface area contributed by atoms with Crippen LogP contribution >= 0.6 is 11.8 Å². The predicted octanol–water partition coefficient (Wildman–Crippen LogP) is 7.36. The quantitative estimate of drug-likeness (QED) is 0.0181. The molecule has 6 unspecified atom stereocenters. The molecule has 23 nitrogen and oxygen atoms in total. The van der Waals surface area contributed by atoms with Crippen molar-refractivity contribution in [3.63, 3.8) is 0 Å². The van der Waals surface area contributed by atoms with E-state index < -0.39 is 122 Å². The molecule has 0 aliphatic carbocycles. The lowest BCUT2D eigenvalue weighted by Gasteiger charge is -2.50. The second-order valence-corrected chi connectivity index (χ2v) is 18.7. The van der Waals surface area contributed by atoms with Gasteiger partial charge >= 0.3 is 23.9 Å². The second-order valence-electron chi connectivity index (χ2n) is 17.5. The maximum atomic E-state index is 14.2. The summed E-state index contributed by atoms with van der Waals surface area (Å²) >= 11 is 1.19. The van der Waals surface area contributed by atoms with Crippen LogP contribution in [0.4, 0.5) is 0 Å². The Hall–Kier alpha value is -4.29. The Bertz CT molecular complexity index is 1930. The van der Waals surface area contributed by atoms with Gasteiger partial charge in [-0.3, -0.25) is 14.4 Å². The highest BCUT2D eigenvalue weighted by molar-refractivity contribution is 7.99. The molecular formula is C48H74N6O17S. The monoisotopic (exact) mass is 1040 g/mol. The number of azide groups is 2. The van der Waals surface area contributed by atoms with Gasteiger partial charge in [-0.05, 0) is 55.8 Å². The molecule has 0 aromatic heterocycles. The number of benzene rings is 1. The van der Waals surface area contributed by atoms with E-state index in [-0.39, 0.29) is 33.0 Å². The summed E-state index contributed by atoms with van der Waals surface area (Å²) < 4.78 is 81.6. The summed E-state index contributed by atoms with van der Waals surface area (Å²) in [7, 11) is 1.15. The fraction of sp³-hybridized carbons (Fsp3) is 0.792. The molecule has 0 N–H and O–H groups in total. The molecule has 24 heteroatoms. The van der Waals surface area contributed by atoms with Gasteiger partial charge < -0.3 is 61.6 Å². The molecule has 15 atom stereocenters. The summed E-state index contributed by atoms with van der Waals surface area (Å²) in [6.07, 6.45) is -10.2. The number of carbonyl (C=O) groups is 4. The minimum atomic E-state index is -1.70. The normalized spacial score (nSPS) is 30.3. The molecule has 4 rings (SSSR count). The van der Waals surface area contributed by atoms with Crippen molar-refractivity contribution in [3.8, 4) is 0 Å². The number of rotatable bonds is 30. The van der Waals surface area contributed by atoms with Gasteiger partial charge in [0.15, 0.2) is 18.7 Å². The number of aryl methyl sites for hydroxylation is 1. The molecule has 1 aromatic carbocycles. The first-order valence-electron chi connectivity index (χ1n) is 24.8. The Kier molecular flexibility index (Phi) is 26.9. The summed E-state index contributed by atoms with van der Waals surface area (Å²) in [6, 6.07) is 5.01. The molecule has 0 spiro atoms. The summed E-state index contributed by atoms with van der Waals surface area (Å²) in [6.45, 7) is 13.6. The van der Waals surface area contributed by atoms with E-state index in [1.54, 1.807) is 0 Å². The third-order valence-corrected chi connectivity index (χ3v) is 13.0. The van der Waals surface area contributed by atoms with E-state index in [2.05, 4.69) is 20.1 Å². The molecule has 3 aliphatic rings. The van der Waals surface area contributed by atoms with Gasteiger partial charge in [0.2, 0.25) is 0 Å². The molecular weight excluding hydrogens is 965 g/mol. The van der Waals surface area contributed by atoms with E-state index >= 15 is 0 Å². The number of unbranched alkanes of at least 4 members (excludes halogenated alkanes) is 4. The van der Waals surface area contributed by atoms with Gasteiger partial charge in [-0.25, -0.2) is 4.79 Å². The zero-order valence-electron chi connectivity index (χ0n) is 42.9. The zero-order valence-corrected chi connectivity index (χ0v) is 43.7. The first-order valence-corrected chi connectivity index (χ1v) is 25.7. The number of thioether (sulfide) groups is 1. The van der Waals surface area contributed by atoms with E-state index in [4.69, 9.17) is 61.6 Å². The minimum Gasteiger partial charge on any atom is -0.467 e. The molecule has 72 heavy (non-hydrogen) atoms. The Labute approximate surface area is 425 Å². The van der Waals surface area contributed by atoms with Crippen molar-refractivity contribution < 1.29 is 80.8 Å². The van der Waals surface area contributed by atoms with Crippen LogP contribution in [0.1, 0.15) is 105 Å². The van der Waals surface area contributed by atoms with Gasteiger partial charge in [-0.2, -0.15) is 0 Å². The van der Waals surface area contributed by atoms with Crippen LogP contribution in [-0.4, -0.2) is 162 Å². The molecule has 0 amide bonds. The third-order valence-electron chi connectivity index (χ3n) is 11.8. The van der Waals surface area contributed by atoms with E-state index in [0.29, 0.717) is 38.5 Å². The number of ether oxygens (including phenoxy) is 13. The average Bonchev–Trinajstić information content (AvgIpc) is 3.35. The average molecular weight is 1040 g/mol. The Balaban J connectivity index is 1.88. The van der Waals surface area contributed by atoms with Crippen LogP contribution in [0.3, 0.4) is 0 Å². The molecule has 1 aromatic rings. The lowest BCUT2D eigenvalue weighted by molar-refractivity contribution is -0.364. The number of hydrogen-bond acceptors (Lipinski definition) is 20. The van der Waals surface area contributed by atoms with E-state index in [9.17, 15) is 30.2 Å². The maximum Gasteiger partial charge on any atom is 0.337 e. The fourth-order valence-electron chi connectivity index (χ4n) is 8.16. The van der Waals surface area contributed by atoms with Crippen molar-refractivity contribution in [2.45, 2.75) is 203 Å². The molecule has 0 radical (unpaired) electrons. The van der Waals surface area contributed by atoms with Crippen molar-refractivity contribution in [2.24, 2.45) is 10.2 Å². The summed E-state index contributed by atoms with van der Waals surface area (Å²) in [5.74, 6) is -2.94. The van der Waals surface area contributed by atoms with Crippen LogP contribution in [-0.2, 0) is 80.8 Å². The van der Waals surface area contributed by atoms with Crippen molar-refractivity contribution in [1.82, 2.24) is 0 Å². The Morgan fingerprint density at radius 1 is 0.597 bits per heavy atom. The van der Waals surface area contributed by atoms with Crippen molar-refractivity contribution in [1.29, 1.82) is 0 Å². The smallest absolute Gasteiger partial charge is 0.337 e. The van der Waals surface area contributed by atoms with Crippen molar-refractivity contribution in [3.05, 3.63) is 50.7 Å². The van der Waals surface area contributed by atoms with Crippen LogP contribution < -0.4 is 0 Å². The first-order chi connectivity index (χ1) is 34.7. The Morgan fingerprint density at radius 3 is 1.61 bits per heavy atom. The summed E-state index contributed by atoms with van der Waals surface area (Å²) in [5.41, 5.74) is 20.0. The second kappa shape index (κ2) is 32.1. The molecule has 3 saturated heterocycles. The molecule has 0 saturated carbocycles. The number of methoxy groups -OCH3 is 1. The number of esters is 4. The molecule has 404 valence electrons. The third kappa shape index (κ3) is 18.0. The first kappa shape index (κ1) is 60.3. The maximum absolute atomic E-state index is 14.2. The van der Waals surface area contributed by atoms with Crippen LogP contribution in [0.15, 0.2) is 39.4 Å². The number of hydrogen-bond donors (Lipinski definition) is 0. The van der Waals surface area contributed by atoms with Crippen molar-refractivity contribution in [2.75, 3.05) is 46.8 Å². The fourth-order valence-corrected chi connectivity index (χ4v) is 9.27. The van der Waals surface area contributed by atoms with Gasteiger partial charge in [0.25, 0.3) is 0 Å². The topological polar surface area (TPSA) is 286 Å². The van der Waals surface area contributed by atoms with Gasteiger partial charge in [0.1, 0.15) is 79.6 Å². The highest BCUT2D eigenvalue weighted by Gasteiger charge is 2.58. The summed E-state index contributed by atoms with van der Waals surface area (Å²) in [5, 5.41) is 8.18. The summed E-state index contributed by atoms with van der Waals surface area (Å²) in [4.78, 5) is 58.8. The zero-order chi connectivity index (χ0) is 52.6. The highest BCUT2D eigenvalue weighted by Crippen LogP contribution is 2.41. The molecule has 3 aliphatic heterocycles. The number of carbonyl (C=O) groups excluding carboxylic acids is 4. The molecule has 0 bridgehead atoms. The van der Waals surface area contributed by atoms with E-state index in [1.807, 2.05) is 58.9 Å². The number of nitrogens with zero attached hydrogens (tertiary/aromatic N) is 6. The van der Waals surface area contributed by atoms with Gasteiger partial charge in [-0.15, -0.1) is 0 Å². The predicted molar refractivity (Wildman–Crippen MR) is 258 cm³/mol. The van der Waals surface area contributed by atoms with Gasteiger partial charge in [-0.1, -0.05) is 93.1 Å². The standard InChI is InChI=1S/C48H74N6O17S/c1-10-14-22-60-37-33(26-64-29(6)55)67-46(35(51-53-49)39(37)61-23-15-11-2)70-42-41(62-24-16-12-3)44(63-25-17-13-4)47(71-43(42)45(58)59-9)69-38-34(27-65-30(7)56)68-48(72-32-20-18-28(5)19-21-32)36(52-54-50)40(38)66-31(8)57/h18-21,33-44,46-48H,10-17,22-27H2,1-9H3/t33?,34?,35-,36-,37+,38+,39?,40?,41?,42-,43?,44-,46+,47+,48-/m0/s1. The SMILES string of the molecule is CCCCOC1[C@H](OCCCC)C(COC(C)=O)O[C@H](O[C@@H]2C(C(=O)OC)O[C@@H](O[C@@H]3C(COC(C)=O)O[C@@H](Sc4ccc(C)cc4)[C@@H](N=[N+]=[N-])C3OC(C)=O)[C@@H](OCCCC)C2OCCCC)[C@H]1N=[N+]=[N-]. The van der Waals surface area contributed by atoms with E-state index in [0.717, 1.165) is 30.4 Å². The van der Waals surface area contributed by atoms with Gasteiger partial charge in [0, 0.05) is 61.9 Å². The lowest BCUT2D eigenvalue weighted by atomic mass is 9.94. The van der Waals surface area contributed by atoms with Crippen LogP contribution in [0.5, 0.6) is 0 Å². The van der Waals surface area contributed by atoms with Crippen LogP contribution in [0.25, 0.3) is 20.9 Å². The highest BCUT2D eigenvalue weighted by atomic mass is 32.2. The molecule has 3 heterocycles. The van der Waals surface area contributed by atoms with Crippen molar-refractivity contribution >= 4 is 35.6 Å². The van der Waals surface area contributed by atoms with E-state index in [1.165, 1.54) is 32.5 Å². The van der Waals surface area contributed by atoms with Gasteiger partial charge in [0.05, 0.1) is 13.2 Å². The van der Waals surface area contributed by atoms with Crippen LogP contribution in [0.2, 0.25) is 0 Å².